The van der Waals surface area contributed by atoms with Crippen LogP contribution in [0, 0.1) is 6.92 Å². The lowest BCUT2D eigenvalue weighted by Gasteiger charge is -2.11. The van der Waals surface area contributed by atoms with E-state index in [0.717, 1.165) is 34.2 Å². The molecule has 3 aromatic rings. The molecular weight excluding hydrogens is 332 g/mol. The molecule has 3 rings (SSSR count). The molecule has 0 aliphatic carbocycles. The first-order valence-electron chi connectivity index (χ1n) is 8.33. The highest BCUT2D eigenvalue weighted by Gasteiger charge is 2.05. The lowest BCUT2D eigenvalue weighted by molar-refractivity contribution is 1.06. The van der Waals surface area contributed by atoms with Crippen molar-refractivity contribution >= 4 is 29.1 Å². The number of nitrogens with zero attached hydrogens (tertiary/aromatic N) is 2. The van der Waals surface area contributed by atoms with Crippen LogP contribution in [0.15, 0.2) is 54.6 Å². The minimum Gasteiger partial charge on any atom is -0.366 e. The number of benzene rings is 2. The Kier molecular flexibility index (Phi) is 5.51. The number of anilines is 3. The minimum absolute atomic E-state index is 0.575. The maximum atomic E-state index is 6.20. The normalized spacial score (nSPS) is 10.5. The summed E-state index contributed by atoms with van der Waals surface area (Å²) in [5.41, 5.74) is 4.20. The molecule has 0 saturated heterocycles. The van der Waals surface area contributed by atoms with E-state index in [1.807, 2.05) is 49.4 Å². The van der Waals surface area contributed by atoms with E-state index in [0.29, 0.717) is 12.5 Å². The van der Waals surface area contributed by atoms with E-state index in [1.165, 1.54) is 5.56 Å². The van der Waals surface area contributed by atoms with Gasteiger partial charge in [-0.2, -0.15) is 4.98 Å². The molecule has 4 nitrogen and oxygen atoms in total. The van der Waals surface area contributed by atoms with Crippen LogP contribution < -0.4 is 10.6 Å². The zero-order valence-electron chi connectivity index (χ0n) is 14.4. The highest BCUT2D eigenvalue weighted by Crippen LogP contribution is 2.19. The van der Waals surface area contributed by atoms with E-state index < -0.39 is 0 Å². The molecule has 0 fully saturated rings. The van der Waals surface area contributed by atoms with Gasteiger partial charge in [-0.3, -0.25) is 0 Å². The Labute approximate surface area is 153 Å². The summed E-state index contributed by atoms with van der Waals surface area (Å²) in [7, 11) is 0. The van der Waals surface area contributed by atoms with Crippen LogP contribution in [0.2, 0.25) is 5.02 Å². The molecule has 0 unspecified atom stereocenters. The van der Waals surface area contributed by atoms with E-state index >= 15 is 0 Å². The van der Waals surface area contributed by atoms with Gasteiger partial charge in [-0.15, -0.1) is 0 Å². The minimum atomic E-state index is 0.575. The molecule has 0 aliphatic heterocycles. The number of hydrogen-bond acceptors (Lipinski definition) is 4. The van der Waals surface area contributed by atoms with Gasteiger partial charge in [0.2, 0.25) is 5.95 Å². The Bertz CT molecular complexity index is 847. The van der Waals surface area contributed by atoms with Gasteiger partial charge in [-0.1, -0.05) is 48.9 Å². The Morgan fingerprint density at radius 2 is 1.76 bits per heavy atom. The van der Waals surface area contributed by atoms with Gasteiger partial charge in [0.15, 0.2) is 0 Å². The van der Waals surface area contributed by atoms with Crippen molar-refractivity contribution in [3.63, 3.8) is 0 Å². The molecule has 0 spiro atoms. The zero-order valence-corrected chi connectivity index (χ0v) is 15.1. The Hall–Kier alpha value is -2.59. The van der Waals surface area contributed by atoms with Gasteiger partial charge in [-0.25, -0.2) is 4.98 Å². The lowest BCUT2D eigenvalue weighted by Crippen LogP contribution is -2.06. The molecule has 25 heavy (non-hydrogen) atoms. The monoisotopic (exact) mass is 352 g/mol. The smallest absolute Gasteiger partial charge is 0.229 e. The molecule has 0 radical (unpaired) electrons. The van der Waals surface area contributed by atoms with Crippen molar-refractivity contribution in [2.75, 3.05) is 10.6 Å². The quantitative estimate of drug-likeness (QED) is 0.627. The summed E-state index contributed by atoms with van der Waals surface area (Å²) in [6.07, 6.45) is 1.03. The number of halogens is 1. The molecule has 128 valence electrons. The van der Waals surface area contributed by atoms with Crippen LogP contribution in [-0.4, -0.2) is 9.97 Å². The molecule has 2 N–H and O–H groups in total. The maximum Gasteiger partial charge on any atom is 0.229 e. The second-order valence-electron chi connectivity index (χ2n) is 5.84. The van der Waals surface area contributed by atoms with Crippen molar-refractivity contribution in [3.8, 4) is 0 Å². The van der Waals surface area contributed by atoms with Gasteiger partial charge in [0.25, 0.3) is 0 Å². The van der Waals surface area contributed by atoms with Gasteiger partial charge in [0.1, 0.15) is 5.82 Å². The standard InChI is InChI=1S/C20H21ClN4/c1-3-15-8-10-17(11-9-15)24-20-23-14(2)12-19(25-20)22-13-16-6-4-5-7-18(16)21/h4-12H,3,13H2,1-2H3,(H2,22,23,24,25). The third-order valence-electron chi connectivity index (χ3n) is 3.89. The fraction of sp³-hybridized carbons (Fsp3) is 0.200. The average Bonchev–Trinajstić information content (AvgIpc) is 2.61. The summed E-state index contributed by atoms with van der Waals surface area (Å²) in [6, 6.07) is 18.0. The molecule has 0 atom stereocenters. The number of rotatable bonds is 6. The Morgan fingerprint density at radius 1 is 1.00 bits per heavy atom. The number of aromatic nitrogens is 2. The summed E-state index contributed by atoms with van der Waals surface area (Å²) in [6.45, 7) is 4.71. The highest BCUT2D eigenvalue weighted by atomic mass is 35.5. The molecule has 0 saturated carbocycles. The number of aryl methyl sites for hydroxylation is 2. The lowest BCUT2D eigenvalue weighted by atomic mass is 10.1. The fourth-order valence-corrected chi connectivity index (χ4v) is 2.70. The van der Waals surface area contributed by atoms with Gasteiger partial charge < -0.3 is 10.6 Å². The molecule has 2 aromatic carbocycles. The van der Waals surface area contributed by atoms with Gasteiger partial charge >= 0.3 is 0 Å². The average molecular weight is 353 g/mol. The molecule has 0 bridgehead atoms. The number of hydrogen-bond donors (Lipinski definition) is 2. The van der Waals surface area contributed by atoms with Crippen molar-refractivity contribution in [2.24, 2.45) is 0 Å². The van der Waals surface area contributed by atoms with Crippen molar-refractivity contribution in [3.05, 3.63) is 76.4 Å². The van der Waals surface area contributed by atoms with Gasteiger partial charge in [-0.05, 0) is 42.7 Å². The van der Waals surface area contributed by atoms with E-state index in [-0.39, 0.29) is 0 Å². The van der Waals surface area contributed by atoms with Crippen LogP contribution in [0.3, 0.4) is 0 Å². The Balaban J connectivity index is 1.72. The third kappa shape index (κ3) is 4.70. The van der Waals surface area contributed by atoms with Gasteiger partial charge in [0.05, 0.1) is 0 Å². The molecule has 1 aromatic heterocycles. The second kappa shape index (κ2) is 7.99. The topological polar surface area (TPSA) is 49.8 Å². The van der Waals surface area contributed by atoms with Crippen LogP contribution in [0.5, 0.6) is 0 Å². The first kappa shape index (κ1) is 17.2. The summed E-state index contributed by atoms with van der Waals surface area (Å²) < 4.78 is 0. The van der Waals surface area contributed by atoms with Crippen LogP contribution >= 0.6 is 11.6 Å². The molecule has 5 heteroatoms. The predicted molar refractivity (Wildman–Crippen MR) is 105 cm³/mol. The molecule has 0 aliphatic rings. The van der Waals surface area contributed by atoms with Crippen LogP contribution in [0.25, 0.3) is 0 Å². The van der Waals surface area contributed by atoms with E-state index in [1.54, 1.807) is 0 Å². The van der Waals surface area contributed by atoms with Crippen molar-refractivity contribution in [2.45, 2.75) is 26.8 Å². The highest BCUT2D eigenvalue weighted by molar-refractivity contribution is 6.31. The second-order valence-corrected chi connectivity index (χ2v) is 6.25. The van der Waals surface area contributed by atoms with Crippen LogP contribution in [0.4, 0.5) is 17.5 Å². The summed E-state index contributed by atoms with van der Waals surface area (Å²) in [5.74, 6) is 1.34. The first-order chi connectivity index (χ1) is 12.1. The van der Waals surface area contributed by atoms with Crippen molar-refractivity contribution < 1.29 is 0 Å². The fourth-order valence-electron chi connectivity index (χ4n) is 2.50. The van der Waals surface area contributed by atoms with Crippen LogP contribution in [0.1, 0.15) is 23.7 Å². The van der Waals surface area contributed by atoms with Crippen molar-refractivity contribution in [1.29, 1.82) is 0 Å². The van der Waals surface area contributed by atoms with Crippen LogP contribution in [-0.2, 0) is 13.0 Å². The molecular formula is C20H21ClN4. The molecule has 0 amide bonds. The van der Waals surface area contributed by atoms with E-state index in [2.05, 4.69) is 39.7 Å². The zero-order chi connectivity index (χ0) is 17.6. The largest absolute Gasteiger partial charge is 0.366 e. The SMILES string of the molecule is CCc1ccc(Nc2nc(C)cc(NCc3ccccc3Cl)n2)cc1. The van der Waals surface area contributed by atoms with Crippen molar-refractivity contribution in [1.82, 2.24) is 9.97 Å². The van der Waals surface area contributed by atoms with E-state index in [4.69, 9.17) is 11.6 Å². The maximum absolute atomic E-state index is 6.20. The molecule has 1 heterocycles. The number of nitrogens with one attached hydrogen (secondary N) is 2. The van der Waals surface area contributed by atoms with E-state index in [9.17, 15) is 0 Å². The summed E-state index contributed by atoms with van der Waals surface area (Å²) in [5, 5.41) is 7.31. The third-order valence-corrected chi connectivity index (χ3v) is 4.26. The Morgan fingerprint density at radius 3 is 2.48 bits per heavy atom. The summed E-state index contributed by atoms with van der Waals surface area (Å²) in [4.78, 5) is 9.00. The van der Waals surface area contributed by atoms with Gasteiger partial charge in [0, 0.05) is 29.0 Å². The summed E-state index contributed by atoms with van der Waals surface area (Å²) >= 11 is 6.20. The first-order valence-corrected chi connectivity index (χ1v) is 8.71. The predicted octanol–water partition coefficient (Wildman–Crippen LogP) is 5.36.